The number of carbonyl (C=O) groups excluding carboxylic acids is 1. The van der Waals surface area contributed by atoms with Gasteiger partial charge in [-0.05, 0) is 56.0 Å². The first kappa shape index (κ1) is 20.8. The minimum Gasteiger partial charge on any atom is -0.495 e. The Morgan fingerprint density at radius 3 is 2.53 bits per heavy atom. The topological polar surface area (TPSA) is 66.9 Å². The molecule has 2 aliphatic heterocycles. The van der Waals surface area contributed by atoms with Crippen LogP contribution in [0.15, 0.2) is 47.4 Å². The summed E-state index contributed by atoms with van der Waals surface area (Å²) in [5.74, 6) is -0.717. The van der Waals surface area contributed by atoms with Crippen molar-refractivity contribution < 1.29 is 22.3 Å². The number of carbonyl (C=O) groups is 1. The van der Waals surface area contributed by atoms with Gasteiger partial charge in [0.25, 0.3) is 0 Å². The number of nitrogens with zero attached hydrogens (tertiary/aromatic N) is 2. The quantitative estimate of drug-likeness (QED) is 0.744. The van der Waals surface area contributed by atoms with Crippen molar-refractivity contribution in [1.29, 1.82) is 0 Å². The molecule has 4 rings (SSSR count). The van der Waals surface area contributed by atoms with E-state index in [4.69, 9.17) is 4.74 Å². The Kier molecular flexibility index (Phi) is 5.55. The van der Waals surface area contributed by atoms with Crippen LogP contribution in [-0.2, 0) is 21.2 Å². The summed E-state index contributed by atoms with van der Waals surface area (Å²) in [6.07, 6.45) is 1.69. The standard InChI is InChI=1S/C22H25FN2O4S/c1-15-13-17-5-3-4-6-19(17)25(15)22(26)16-9-11-24(12-10-16)30(27,28)21-14-18(23)7-8-20(21)29-2/h3-8,14-16H,9-13H2,1-2H3/t15-/m0/s1. The third-order valence-corrected chi connectivity index (χ3v) is 7.91. The van der Waals surface area contributed by atoms with E-state index in [1.807, 2.05) is 36.1 Å². The maximum atomic E-state index is 13.7. The molecule has 1 saturated heterocycles. The van der Waals surface area contributed by atoms with Gasteiger partial charge in [0.15, 0.2) is 0 Å². The summed E-state index contributed by atoms with van der Waals surface area (Å²) in [6, 6.07) is 11.5. The molecule has 2 aliphatic rings. The van der Waals surface area contributed by atoms with Crippen LogP contribution in [0.5, 0.6) is 5.75 Å². The van der Waals surface area contributed by atoms with Crippen LogP contribution in [0, 0.1) is 11.7 Å². The minimum absolute atomic E-state index is 0.0489. The summed E-state index contributed by atoms with van der Waals surface area (Å²) in [6.45, 7) is 2.46. The summed E-state index contributed by atoms with van der Waals surface area (Å²) >= 11 is 0. The second-order valence-corrected chi connectivity index (χ2v) is 9.77. The van der Waals surface area contributed by atoms with Gasteiger partial charge in [0, 0.05) is 30.7 Å². The summed E-state index contributed by atoms with van der Waals surface area (Å²) in [4.78, 5) is 14.9. The zero-order valence-corrected chi connectivity index (χ0v) is 17.9. The highest BCUT2D eigenvalue weighted by Gasteiger charge is 2.38. The van der Waals surface area contributed by atoms with Crippen LogP contribution < -0.4 is 9.64 Å². The lowest BCUT2D eigenvalue weighted by molar-refractivity contribution is -0.123. The zero-order valence-electron chi connectivity index (χ0n) is 17.0. The lowest BCUT2D eigenvalue weighted by Gasteiger charge is -2.34. The van der Waals surface area contributed by atoms with E-state index in [2.05, 4.69) is 0 Å². The number of fused-ring (bicyclic) bond motifs is 1. The molecule has 0 unspecified atom stereocenters. The summed E-state index contributed by atoms with van der Waals surface area (Å²) in [5, 5.41) is 0. The molecule has 0 spiro atoms. The van der Waals surface area contributed by atoms with Crippen LogP contribution in [0.1, 0.15) is 25.3 Å². The van der Waals surface area contributed by atoms with Gasteiger partial charge in [-0.2, -0.15) is 4.31 Å². The summed E-state index contributed by atoms with van der Waals surface area (Å²) in [5.41, 5.74) is 2.12. The van der Waals surface area contributed by atoms with E-state index in [0.29, 0.717) is 12.8 Å². The van der Waals surface area contributed by atoms with Crippen LogP contribution in [0.25, 0.3) is 0 Å². The van der Waals surface area contributed by atoms with Crippen LogP contribution in [0.2, 0.25) is 0 Å². The fraction of sp³-hybridized carbons (Fsp3) is 0.409. The highest BCUT2D eigenvalue weighted by atomic mass is 32.2. The van der Waals surface area contributed by atoms with E-state index in [9.17, 15) is 17.6 Å². The average Bonchev–Trinajstić information content (AvgIpc) is 3.09. The van der Waals surface area contributed by atoms with Crippen LogP contribution in [0.3, 0.4) is 0 Å². The third kappa shape index (κ3) is 3.58. The Balaban J connectivity index is 1.49. The average molecular weight is 433 g/mol. The van der Waals surface area contributed by atoms with Crippen molar-refractivity contribution in [3.8, 4) is 5.75 Å². The Bertz CT molecular complexity index is 1060. The molecular weight excluding hydrogens is 407 g/mol. The van der Waals surface area contributed by atoms with Crippen molar-refractivity contribution in [1.82, 2.24) is 4.31 Å². The molecule has 0 radical (unpaired) electrons. The number of methoxy groups -OCH3 is 1. The maximum absolute atomic E-state index is 13.7. The molecule has 8 heteroatoms. The molecule has 1 amide bonds. The van der Waals surface area contributed by atoms with Gasteiger partial charge in [0.2, 0.25) is 15.9 Å². The number of para-hydroxylation sites is 1. The van der Waals surface area contributed by atoms with Crippen molar-refractivity contribution in [3.05, 3.63) is 53.8 Å². The number of piperidine rings is 1. The van der Waals surface area contributed by atoms with E-state index in [-0.39, 0.29) is 41.6 Å². The van der Waals surface area contributed by atoms with Gasteiger partial charge in [-0.25, -0.2) is 12.8 Å². The molecule has 160 valence electrons. The van der Waals surface area contributed by atoms with Crippen LogP contribution >= 0.6 is 0 Å². The second-order valence-electron chi connectivity index (χ2n) is 7.86. The lowest BCUT2D eigenvalue weighted by atomic mass is 9.96. The van der Waals surface area contributed by atoms with Crippen molar-refractivity contribution in [2.75, 3.05) is 25.1 Å². The molecule has 0 bridgehead atoms. The molecular formula is C22H25FN2O4S. The summed E-state index contributed by atoms with van der Waals surface area (Å²) < 4.78 is 46.2. The second kappa shape index (κ2) is 8.00. The van der Waals surface area contributed by atoms with Gasteiger partial charge >= 0.3 is 0 Å². The van der Waals surface area contributed by atoms with Crippen LogP contribution in [-0.4, -0.2) is 44.9 Å². The van der Waals surface area contributed by atoms with Crippen LogP contribution in [0.4, 0.5) is 10.1 Å². The normalized spacial score (nSPS) is 20.2. The van der Waals surface area contributed by atoms with E-state index in [1.54, 1.807) is 0 Å². The molecule has 0 saturated carbocycles. The number of benzene rings is 2. The van der Waals surface area contributed by atoms with Crippen molar-refractivity contribution in [3.63, 3.8) is 0 Å². The Morgan fingerprint density at radius 2 is 1.83 bits per heavy atom. The lowest BCUT2D eigenvalue weighted by Crippen LogP contribution is -2.46. The Labute approximate surface area is 176 Å². The highest BCUT2D eigenvalue weighted by molar-refractivity contribution is 7.89. The minimum atomic E-state index is -3.91. The van der Waals surface area contributed by atoms with Crippen molar-refractivity contribution >= 4 is 21.6 Å². The molecule has 2 aromatic carbocycles. The molecule has 30 heavy (non-hydrogen) atoms. The van der Waals surface area contributed by atoms with Gasteiger partial charge in [-0.3, -0.25) is 4.79 Å². The Morgan fingerprint density at radius 1 is 1.13 bits per heavy atom. The van der Waals surface area contributed by atoms with Gasteiger partial charge in [0.1, 0.15) is 16.5 Å². The smallest absolute Gasteiger partial charge is 0.246 e. The first-order valence-electron chi connectivity index (χ1n) is 10.1. The monoisotopic (exact) mass is 432 g/mol. The van der Waals surface area contributed by atoms with E-state index < -0.39 is 15.8 Å². The molecule has 2 aromatic rings. The van der Waals surface area contributed by atoms with Crippen molar-refractivity contribution in [2.24, 2.45) is 5.92 Å². The summed E-state index contributed by atoms with van der Waals surface area (Å²) in [7, 11) is -2.56. The van der Waals surface area contributed by atoms with Gasteiger partial charge in [-0.1, -0.05) is 18.2 Å². The number of rotatable bonds is 4. The number of hydrogen-bond acceptors (Lipinski definition) is 4. The van der Waals surface area contributed by atoms with Gasteiger partial charge < -0.3 is 9.64 Å². The third-order valence-electron chi connectivity index (χ3n) is 5.99. The first-order valence-corrected chi connectivity index (χ1v) is 11.5. The first-order chi connectivity index (χ1) is 14.3. The number of ether oxygens (including phenoxy) is 1. The number of halogens is 1. The molecule has 0 aliphatic carbocycles. The van der Waals surface area contributed by atoms with E-state index >= 15 is 0 Å². The van der Waals surface area contributed by atoms with Gasteiger partial charge in [0.05, 0.1) is 7.11 Å². The zero-order chi connectivity index (χ0) is 21.5. The van der Waals surface area contributed by atoms with Crippen molar-refractivity contribution in [2.45, 2.75) is 37.1 Å². The molecule has 0 N–H and O–H groups in total. The Hall–Kier alpha value is -2.45. The fourth-order valence-electron chi connectivity index (χ4n) is 4.43. The highest BCUT2D eigenvalue weighted by Crippen LogP contribution is 2.36. The molecule has 6 nitrogen and oxygen atoms in total. The number of sulfonamides is 1. The largest absolute Gasteiger partial charge is 0.495 e. The number of amides is 1. The SMILES string of the molecule is COc1ccc(F)cc1S(=O)(=O)N1CCC(C(=O)N2c3ccccc3C[C@@H]2C)CC1. The maximum Gasteiger partial charge on any atom is 0.246 e. The van der Waals surface area contributed by atoms with E-state index in [0.717, 1.165) is 29.8 Å². The number of anilines is 1. The molecule has 1 fully saturated rings. The predicted octanol–water partition coefficient (Wildman–Crippen LogP) is 3.21. The molecule has 0 aromatic heterocycles. The molecule has 2 heterocycles. The van der Waals surface area contributed by atoms with Gasteiger partial charge in [-0.15, -0.1) is 0 Å². The molecule has 1 atom stereocenters. The van der Waals surface area contributed by atoms with E-state index in [1.165, 1.54) is 17.5 Å². The fourth-order valence-corrected chi connectivity index (χ4v) is 6.07. The predicted molar refractivity (Wildman–Crippen MR) is 112 cm³/mol. The number of hydrogen-bond donors (Lipinski definition) is 0.